The number of aliphatic hydroxyl groups is 1. The SMILES string of the molecule is CC(C)Cc1cccc(COC(=O)/C=C/c2ccccc2)c1O.CCC(C)n1ncn(-c2ccc(N3CCN(c4ccc(OC[C@H]5CO[C@](Cn6cncn6)(c6ccc(Cl)cc6Cl)O5)cc4)CC3)cc2)c1=O.CCCCCCCCCC(=O)O[C@H]1CC[C@H]2[C@@H]3CCC4=CC(=O)CC[C@@H]4[C@H]3CC[C@]12C.C[C@]12CC[C@H]3[C@@H](CCC4=CC(=O)CC[C@@H]43)[C@@H]1CC[C@@H]2O. The molecule has 2 aliphatic heterocycles. The lowest BCUT2D eigenvalue weighted by Gasteiger charge is -2.53. The number of halogens is 2. The summed E-state index contributed by atoms with van der Waals surface area (Å²) in [5.41, 5.74) is 9.37. The smallest absolute Gasteiger partial charge is 0.350 e. The molecule has 2 saturated heterocycles. The minimum absolute atomic E-state index is 0.0437. The molecular weight excluding hydrogens is 1590 g/mol. The van der Waals surface area contributed by atoms with E-state index in [1.165, 1.54) is 112 Å². The van der Waals surface area contributed by atoms with Crippen LogP contribution in [0.5, 0.6) is 11.5 Å². The number of allylic oxidation sites excluding steroid dienone is 2. The van der Waals surface area contributed by atoms with E-state index >= 15 is 0 Å². The Morgan fingerprint density at radius 2 is 1.27 bits per heavy atom. The molecular formula is C101H130Cl2N8O12. The van der Waals surface area contributed by atoms with E-state index < -0.39 is 11.8 Å². The molecule has 0 bridgehead atoms. The fourth-order valence-corrected chi connectivity index (χ4v) is 23.0. The normalized spacial score (nSPS) is 27.7. The van der Waals surface area contributed by atoms with Gasteiger partial charge in [0, 0.05) is 84.5 Å². The largest absolute Gasteiger partial charge is 0.507 e. The first-order valence-corrected chi connectivity index (χ1v) is 46.9. The molecule has 8 fully saturated rings. The maximum Gasteiger partial charge on any atom is 0.350 e. The average molecular weight is 1720 g/mol. The zero-order chi connectivity index (χ0) is 86.4. The lowest BCUT2D eigenvalue weighted by atomic mass is 9.52. The van der Waals surface area contributed by atoms with E-state index in [1.807, 2.05) is 98.8 Å². The van der Waals surface area contributed by atoms with E-state index in [0.717, 1.165) is 167 Å². The molecule has 6 saturated carbocycles. The van der Waals surface area contributed by atoms with Gasteiger partial charge in [0.15, 0.2) is 11.6 Å². The minimum atomic E-state index is -1.16. The Morgan fingerprint density at radius 1 is 0.650 bits per heavy atom. The number of aromatic hydroxyl groups is 1. The van der Waals surface area contributed by atoms with Crippen molar-refractivity contribution in [2.45, 2.75) is 259 Å². The molecule has 1 unspecified atom stereocenters. The molecule has 7 aromatic rings. The molecule has 0 spiro atoms. The van der Waals surface area contributed by atoms with Crippen LogP contribution in [0.3, 0.4) is 0 Å². The van der Waals surface area contributed by atoms with E-state index in [9.17, 15) is 34.2 Å². The molecule has 5 aromatic carbocycles. The number of hydrogen-bond donors (Lipinski definition) is 2. The summed E-state index contributed by atoms with van der Waals surface area (Å²) in [6.45, 7) is 19.7. The number of carbonyl (C=O) groups is 4. The fraction of sp³-hybridized carbons (Fsp3) is 0.564. The molecule has 123 heavy (non-hydrogen) atoms. The van der Waals surface area contributed by atoms with Crippen LogP contribution in [0.2, 0.25) is 10.0 Å². The highest BCUT2D eigenvalue weighted by Crippen LogP contribution is 2.64. The number of aromatic nitrogens is 6. The fourth-order valence-electron chi connectivity index (χ4n) is 22.5. The Balaban J connectivity index is 0.000000143. The Labute approximate surface area is 737 Å². The zero-order valence-corrected chi connectivity index (χ0v) is 74.9. The second-order valence-corrected chi connectivity index (χ2v) is 38.2. The molecule has 22 heteroatoms. The van der Waals surface area contributed by atoms with Gasteiger partial charge in [0.2, 0.25) is 5.79 Å². The molecule has 2 aromatic heterocycles. The first-order valence-electron chi connectivity index (χ1n) is 46.1. The Kier molecular flexibility index (Phi) is 30.7. The second-order valence-electron chi connectivity index (χ2n) is 37.4. The number of fused-ring (bicyclic) bond motifs is 10. The summed E-state index contributed by atoms with van der Waals surface area (Å²) in [5.74, 6) is 6.48. The van der Waals surface area contributed by atoms with Gasteiger partial charge in [0.25, 0.3) is 0 Å². The van der Waals surface area contributed by atoms with Crippen molar-refractivity contribution < 1.29 is 53.1 Å². The van der Waals surface area contributed by atoms with Gasteiger partial charge in [-0.05, 0) is 265 Å². The first-order chi connectivity index (χ1) is 59.5. The van der Waals surface area contributed by atoms with Crippen LogP contribution < -0.4 is 20.2 Å². The summed E-state index contributed by atoms with van der Waals surface area (Å²) in [7, 11) is 0. The highest BCUT2D eigenvalue weighted by atomic mass is 35.5. The van der Waals surface area contributed by atoms with Crippen molar-refractivity contribution in [3.05, 3.63) is 206 Å². The second kappa shape index (κ2) is 41.6. The van der Waals surface area contributed by atoms with Gasteiger partial charge in [-0.15, -0.1) is 0 Å². The van der Waals surface area contributed by atoms with Crippen LogP contribution in [0, 0.1) is 64.1 Å². The van der Waals surface area contributed by atoms with Crippen LogP contribution in [-0.2, 0) is 63.5 Å². The molecule has 10 aliphatic rings. The third-order valence-corrected chi connectivity index (χ3v) is 29.8. The molecule has 20 nitrogen and oxygen atoms in total. The van der Waals surface area contributed by atoms with Crippen LogP contribution >= 0.6 is 23.2 Å². The maximum atomic E-state index is 12.8. The van der Waals surface area contributed by atoms with Crippen LogP contribution in [-0.4, -0.2) is 121 Å². The predicted octanol–water partition coefficient (Wildman–Crippen LogP) is 20.6. The van der Waals surface area contributed by atoms with Gasteiger partial charge in [0.1, 0.15) is 62.4 Å². The number of carbonyl (C=O) groups excluding carboxylic acids is 4. The van der Waals surface area contributed by atoms with Crippen molar-refractivity contribution in [1.82, 2.24) is 29.1 Å². The number of para-hydroxylation sites is 1. The van der Waals surface area contributed by atoms with Gasteiger partial charge in [0.05, 0.1) is 29.5 Å². The number of aliphatic hydroxyl groups excluding tert-OH is 1. The molecule has 0 radical (unpaired) electrons. The van der Waals surface area contributed by atoms with Crippen LogP contribution in [0.15, 0.2) is 168 Å². The number of ether oxygens (including phenoxy) is 5. The summed E-state index contributed by atoms with van der Waals surface area (Å²) in [4.78, 5) is 69.5. The maximum absolute atomic E-state index is 12.8. The zero-order valence-electron chi connectivity index (χ0n) is 73.4. The third-order valence-electron chi connectivity index (χ3n) is 29.3. The van der Waals surface area contributed by atoms with Gasteiger partial charge in [-0.25, -0.2) is 28.5 Å². The third kappa shape index (κ3) is 21.7. The van der Waals surface area contributed by atoms with Crippen LogP contribution in [0.1, 0.15) is 237 Å². The molecule has 660 valence electrons. The monoisotopic (exact) mass is 1720 g/mol. The minimum Gasteiger partial charge on any atom is -0.507 e. The van der Waals surface area contributed by atoms with Crippen molar-refractivity contribution in [2.75, 3.05) is 49.2 Å². The van der Waals surface area contributed by atoms with E-state index in [2.05, 4.69) is 83.9 Å². The Bertz CT molecular complexity index is 4850. The predicted molar refractivity (Wildman–Crippen MR) is 483 cm³/mol. The van der Waals surface area contributed by atoms with Crippen molar-refractivity contribution in [3.8, 4) is 17.2 Å². The lowest BCUT2D eigenvalue weighted by molar-refractivity contribution is -0.190. The van der Waals surface area contributed by atoms with Gasteiger partial charge >= 0.3 is 17.6 Å². The topological polar surface area (TPSA) is 232 Å². The quantitative estimate of drug-likeness (QED) is 0.0291. The number of ketones is 2. The molecule has 15 atom stereocenters. The number of phenols is 1. The van der Waals surface area contributed by atoms with E-state index in [-0.39, 0.29) is 65.7 Å². The van der Waals surface area contributed by atoms with E-state index in [4.69, 9.17) is 46.9 Å². The van der Waals surface area contributed by atoms with Crippen molar-refractivity contribution in [2.24, 2.45) is 64.1 Å². The van der Waals surface area contributed by atoms with Gasteiger partial charge in [-0.1, -0.05) is 169 Å². The van der Waals surface area contributed by atoms with Gasteiger partial charge < -0.3 is 43.7 Å². The number of benzene rings is 5. The molecule has 0 amide bonds. The number of unbranched alkanes of at least 4 members (excludes halogenated alkanes) is 6. The summed E-state index contributed by atoms with van der Waals surface area (Å²) in [6.07, 6.45) is 40.2. The Hall–Kier alpha value is -8.66. The molecule has 4 heterocycles. The molecule has 8 aliphatic carbocycles. The summed E-state index contributed by atoms with van der Waals surface area (Å²) in [5, 5.41) is 30.1. The number of anilines is 2. The number of piperazine rings is 1. The highest BCUT2D eigenvalue weighted by molar-refractivity contribution is 6.35. The van der Waals surface area contributed by atoms with Crippen LogP contribution in [0.25, 0.3) is 11.8 Å². The average Bonchev–Trinajstić information content (AvgIpc) is 1.66. The highest BCUT2D eigenvalue weighted by Gasteiger charge is 2.59. The number of esters is 2. The van der Waals surface area contributed by atoms with Crippen molar-refractivity contribution in [3.63, 3.8) is 0 Å². The van der Waals surface area contributed by atoms with Crippen molar-refractivity contribution in [1.29, 1.82) is 0 Å². The molecule has 17 rings (SSSR count). The standard InChI is InChI=1S/C35H38Cl2N8O4.C28H44O3.C20H22O3.C18H26O2/c1-3-25(2)45-34(46)44(24-40-45)29-7-5-27(6-8-29)41-14-16-42(17-15-41)28-9-11-30(12-10-28)47-19-31-20-48-35(49-31,21-43-23-38-22-39-43)32-13-4-26(36)18-33(32)37;1-3-4-5-6-7-8-9-10-27(30)31-26-16-15-25-24-13-11-20-19-21(29)12-14-22(20)23(24)17-18-28(25,26)2;1-15(2)13-17-9-6-10-18(20(17)22)14-23-19(21)12-11-16-7-4-3-5-8-16;1-18-9-8-14-13-5-3-12(19)10-11(13)2-4-15(14)16(18)6-7-17(18)20/h4-13,18,22-25,31H,3,14-17,19-21H2,1-2H3;19,22-26H,3-18H2,1-2H3;3-12,15,22H,13-14H2,1-2H3;10,13-17,20H,2-9H2,1H3/b;;12-11+;/t25?,31-,35-;22-,23+,24+,25-,26-,28-;;13-,14+,15+,16-,17-,18-/m00.0/s1. The van der Waals surface area contributed by atoms with Crippen LogP contribution in [0.4, 0.5) is 11.4 Å². The van der Waals surface area contributed by atoms with E-state index in [1.54, 1.807) is 46.2 Å². The number of nitrogens with zero attached hydrogens (tertiary/aromatic N) is 8. The lowest BCUT2D eigenvalue weighted by Crippen LogP contribution is -2.48. The summed E-state index contributed by atoms with van der Waals surface area (Å²) >= 11 is 12.7. The summed E-state index contributed by atoms with van der Waals surface area (Å²) < 4.78 is 35.0. The number of phenolic OH excluding ortho intramolecular Hbond substituents is 1. The van der Waals surface area contributed by atoms with Gasteiger partial charge in [-0.3, -0.25) is 14.4 Å². The molecule has 2 N–H and O–H groups in total. The number of hydrogen-bond acceptors (Lipinski definition) is 17. The van der Waals surface area contributed by atoms with Crippen molar-refractivity contribution >= 4 is 64.2 Å². The Morgan fingerprint density at radius 3 is 1.90 bits per heavy atom. The van der Waals surface area contributed by atoms with Gasteiger partial charge in [-0.2, -0.15) is 10.2 Å². The number of rotatable bonds is 26. The summed E-state index contributed by atoms with van der Waals surface area (Å²) in [6, 6.07) is 36.7. The van der Waals surface area contributed by atoms with E-state index in [0.29, 0.717) is 76.0 Å². The first kappa shape index (κ1) is 90.6.